The zero-order valence-corrected chi connectivity index (χ0v) is 12.9. The highest BCUT2D eigenvalue weighted by Crippen LogP contribution is 2.15. The van der Waals surface area contributed by atoms with Crippen molar-refractivity contribution in [3.05, 3.63) is 65.7 Å². The van der Waals surface area contributed by atoms with Crippen LogP contribution in [0.15, 0.2) is 54.6 Å². The molecule has 2 aromatic carbocycles. The molecular weight excluding hydrogens is 276 g/mol. The summed E-state index contributed by atoms with van der Waals surface area (Å²) in [7, 11) is 1.99. The molecule has 4 nitrogen and oxygen atoms in total. The number of benzene rings is 2. The van der Waals surface area contributed by atoms with E-state index in [0.29, 0.717) is 6.54 Å². The molecule has 0 radical (unpaired) electrons. The van der Waals surface area contributed by atoms with Crippen molar-refractivity contribution >= 4 is 5.69 Å². The Kier molecular flexibility index (Phi) is 6.40. The van der Waals surface area contributed by atoms with Crippen LogP contribution in [-0.2, 0) is 6.61 Å². The topological polar surface area (TPSA) is 55.7 Å². The van der Waals surface area contributed by atoms with Crippen LogP contribution in [0, 0.1) is 0 Å². The van der Waals surface area contributed by atoms with Gasteiger partial charge in [0.15, 0.2) is 0 Å². The van der Waals surface area contributed by atoms with Gasteiger partial charge in [-0.3, -0.25) is 0 Å². The number of hydrogen-bond donors (Lipinski definition) is 3. The average molecular weight is 300 g/mol. The Morgan fingerprint density at radius 3 is 2.45 bits per heavy atom. The van der Waals surface area contributed by atoms with Crippen molar-refractivity contribution in [2.24, 2.45) is 0 Å². The van der Waals surface area contributed by atoms with Gasteiger partial charge in [0, 0.05) is 30.9 Å². The number of para-hydroxylation sites is 1. The predicted molar refractivity (Wildman–Crippen MR) is 89.8 cm³/mol. The Labute approximate surface area is 132 Å². The molecule has 2 aromatic rings. The minimum absolute atomic E-state index is 0.0335. The minimum Gasteiger partial charge on any atom is -0.392 e. The van der Waals surface area contributed by atoms with E-state index in [1.165, 1.54) is 0 Å². The Morgan fingerprint density at radius 2 is 1.73 bits per heavy atom. The lowest BCUT2D eigenvalue weighted by molar-refractivity contribution is 0.129. The highest BCUT2D eigenvalue weighted by Gasteiger charge is 2.10. The highest BCUT2D eigenvalue weighted by atomic mass is 16.3. The van der Waals surface area contributed by atoms with E-state index in [4.69, 9.17) is 0 Å². The molecule has 0 aliphatic carbocycles. The molecule has 0 amide bonds. The number of anilines is 1. The van der Waals surface area contributed by atoms with Crippen LogP contribution in [-0.4, -0.2) is 41.8 Å². The number of aliphatic hydroxyl groups excluding tert-OH is 2. The molecule has 3 N–H and O–H groups in total. The summed E-state index contributed by atoms with van der Waals surface area (Å²) in [5.74, 6) is 0. The van der Waals surface area contributed by atoms with E-state index in [0.717, 1.165) is 29.9 Å². The lowest BCUT2D eigenvalue weighted by Crippen LogP contribution is -2.29. The Hall–Kier alpha value is -1.88. The normalized spacial score (nSPS) is 12.4. The van der Waals surface area contributed by atoms with E-state index >= 15 is 0 Å². The highest BCUT2D eigenvalue weighted by molar-refractivity contribution is 5.50. The summed E-state index contributed by atoms with van der Waals surface area (Å²) in [5, 5.41) is 22.8. The van der Waals surface area contributed by atoms with E-state index in [1.54, 1.807) is 0 Å². The van der Waals surface area contributed by atoms with E-state index in [2.05, 4.69) is 10.2 Å². The maximum absolute atomic E-state index is 10.2. The second-order valence-electron chi connectivity index (χ2n) is 5.43. The van der Waals surface area contributed by atoms with Gasteiger partial charge in [-0.15, -0.1) is 0 Å². The van der Waals surface area contributed by atoms with Gasteiger partial charge in [-0.2, -0.15) is 0 Å². The lowest BCUT2D eigenvalue weighted by atomic mass is 10.1. The average Bonchev–Trinajstić information content (AvgIpc) is 2.56. The Morgan fingerprint density at radius 1 is 1.05 bits per heavy atom. The van der Waals surface area contributed by atoms with Crippen molar-refractivity contribution in [3.8, 4) is 0 Å². The number of nitrogens with one attached hydrogen (secondary N) is 1. The molecule has 2 rings (SSSR count). The standard InChI is InChI=1S/C18H24N2O2/c1-20(13-18(22)15-7-3-2-4-8-15)12-11-19-17-10-6-5-9-16(17)14-21/h2-10,18-19,21-22H,11-14H2,1H3. The van der Waals surface area contributed by atoms with Crippen molar-refractivity contribution in [1.82, 2.24) is 4.90 Å². The second kappa shape index (κ2) is 8.54. The molecule has 0 saturated heterocycles. The zero-order chi connectivity index (χ0) is 15.8. The van der Waals surface area contributed by atoms with Crippen molar-refractivity contribution in [2.75, 3.05) is 32.0 Å². The quantitative estimate of drug-likeness (QED) is 0.700. The maximum Gasteiger partial charge on any atom is 0.0916 e. The van der Waals surface area contributed by atoms with Gasteiger partial charge in [0.1, 0.15) is 0 Å². The van der Waals surface area contributed by atoms with Gasteiger partial charge >= 0.3 is 0 Å². The Bertz CT molecular complexity index is 560. The van der Waals surface area contributed by atoms with Crippen LogP contribution in [0.25, 0.3) is 0 Å². The molecule has 22 heavy (non-hydrogen) atoms. The molecular formula is C18H24N2O2. The van der Waals surface area contributed by atoms with Crippen molar-refractivity contribution < 1.29 is 10.2 Å². The number of aliphatic hydroxyl groups is 2. The van der Waals surface area contributed by atoms with Crippen LogP contribution in [0.4, 0.5) is 5.69 Å². The maximum atomic E-state index is 10.2. The fourth-order valence-electron chi connectivity index (χ4n) is 2.38. The van der Waals surface area contributed by atoms with Gasteiger partial charge in [0.25, 0.3) is 0 Å². The van der Waals surface area contributed by atoms with Crippen LogP contribution < -0.4 is 5.32 Å². The SMILES string of the molecule is CN(CCNc1ccccc1CO)CC(O)c1ccccc1. The summed E-state index contributed by atoms with van der Waals surface area (Å²) >= 11 is 0. The minimum atomic E-state index is -0.476. The fraction of sp³-hybridized carbons (Fsp3) is 0.333. The number of nitrogens with zero attached hydrogens (tertiary/aromatic N) is 1. The monoisotopic (exact) mass is 300 g/mol. The van der Waals surface area contributed by atoms with Crippen LogP contribution in [0.5, 0.6) is 0 Å². The van der Waals surface area contributed by atoms with Crippen LogP contribution in [0.1, 0.15) is 17.2 Å². The van der Waals surface area contributed by atoms with Crippen LogP contribution in [0.2, 0.25) is 0 Å². The van der Waals surface area contributed by atoms with E-state index < -0.39 is 6.10 Å². The predicted octanol–water partition coefficient (Wildman–Crippen LogP) is 2.26. The summed E-state index contributed by atoms with van der Waals surface area (Å²) in [4.78, 5) is 2.09. The zero-order valence-electron chi connectivity index (χ0n) is 12.9. The van der Waals surface area contributed by atoms with Gasteiger partial charge in [0.05, 0.1) is 12.7 Å². The van der Waals surface area contributed by atoms with Crippen LogP contribution in [0.3, 0.4) is 0 Å². The molecule has 118 valence electrons. The second-order valence-corrected chi connectivity index (χ2v) is 5.43. The molecule has 0 aliphatic rings. The molecule has 0 bridgehead atoms. The number of hydrogen-bond acceptors (Lipinski definition) is 4. The van der Waals surface area contributed by atoms with E-state index in [-0.39, 0.29) is 6.61 Å². The summed E-state index contributed by atoms with van der Waals surface area (Å²) in [6.07, 6.45) is -0.476. The third-order valence-corrected chi connectivity index (χ3v) is 3.67. The number of rotatable bonds is 8. The van der Waals surface area contributed by atoms with Gasteiger partial charge in [-0.05, 0) is 18.7 Å². The van der Waals surface area contributed by atoms with Crippen LogP contribution >= 0.6 is 0 Å². The summed E-state index contributed by atoms with van der Waals surface area (Å²) in [6, 6.07) is 17.4. The first-order chi connectivity index (χ1) is 10.7. The molecule has 1 unspecified atom stereocenters. The third kappa shape index (κ3) is 4.84. The van der Waals surface area contributed by atoms with Gasteiger partial charge in [-0.25, -0.2) is 0 Å². The summed E-state index contributed by atoms with van der Waals surface area (Å²) in [6.45, 7) is 2.19. The fourth-order valence-corrected chi connectivity index (χ4v) is 2.38. The largest absolute Gasteiger partial charge is 0.392 e. The number of likely N-dealkylation sites (N-methyl/N-ethyl adjacent to an activating group) is 1. The first-order valence-electron chi connectivity index (χ1n) is 7.55. The first-order valence-corrected chi connectivity index (χ1v) is 7.55. The Balaban J connectivity index is 1.77. The molecule has 0 fully saturated rings. The summed E-state index contributed by atoms with van der Waals surface area (Å²) < 4.78 is 0. The van der Waals surface area contributed by atoms with Gasteiger partial charge in [-0.1, -0.05) is 48.5 Å². The molecule has 1 atom stereocenters. The summed E-state index contributed by atoms with van der Waals surface area (Å²) in [5.41, 5.74) is 2.80. The smallest absolute Gasteiger partial charge is 0.0916 e. The first kappa shape index (κ1) is 16.5. The molecule has 0 aliphatic heterocycles. The van der Waals surface area contributed by atoms with Crippen molar-refractivity contribution in [3.63, 3.8) is 0 Å². The lowest BCUT2D eigenvalue weighted by Gasteiger charge is -2.21. The molecule has 0 aromatic heterocycles. The molecule has 0 heterocycles. The molecule has 4 heteroatoms. The van der Waals surface area contributed by atoms with Crippen molar-refractivity contribution in [1.29, 1.82) is 0 Å². The van der Waals surface area contributed by atoms with Gasteiger partial charge < -0.3 is 20.4 Å². The van der Waals surface area contributed by atoms with Crippen molar-refractivity contribution in [2.45, 2.75) is 12.7 Å². The van der Waals surface area contributed by atoms with E-state index in [9.17, 15) is 10.2 Å². The molecule has 0 spiro atoms. The molecule has 0 saturated carbocycles. The van der Waals surface area contributed by atoms with E-state index in [1.807, 2.05) is 61.6 Å². The van der Waals surface area contributed by atoms with Gasteiger partial charge in [0.2, 0.25) is 0 Å². The third-order valence-electron chi connectivity index (χ3n) is 3.67.